The molecule has 0 bridgehead atoms. The van der Waals surface area contributed by atoms with E-state index < -0.39 is 9.84 Å². The van der Waals surface area contributed by atoms with Gasteiger partial charge in [0.05, 0.1) is 23.6 Å². The van der Waals surface area contributed by atoms with Crippen LogP contribution in [0.25, 0.3) is 0 Å². The zero-order valence-corrected chi connectivity index (χ0v) is 18.4. The number of nitrogens with zero attached hydrogens (tertiary/aromatic N) is 2. The minimum absolute atomic E-state index is 0.0900. The van der Waals surface area contributed by atoms with Crippen LogP contribution in [0.5, 0.6) is 0 Å². The van der Waals surface area contributed by atoms with Gasteiger partial charge in [0.25, 0.3) is 0 Å². The van der Waals surface area contributed by atoms with Crippen molar-refractivity contribution in [2.45, 2.75) is 45.5 Å². The fourth-order valence-corrected chi connectivity index (χ4v) is 6.84. The Hall–Kier alpha value is -1.79. The molecule has 2 aliphatic heterocycles. The molecule has 6 heteroatoms. The summed E-state index contributed by atoms with van der Waals surface area (Å²) >= 11 is 1.71. The topological polar surface area (TPSA) is 49.7 Å². The second-order valence-electron chi connectivity index (χ2n) is 7.99. The molecule has 2 aromatic rings. The zero-order chi connectivity index (χ0) is 20.1. The van der Waals surface area contributed by atoms with Gasteiger partial charge in [-0.25, -0.2) is 8.42 Å². The summed E-state index contributed by atoms with van der Waals surface area (Å²) in [5.41, 5.74) is 7.25. The maximum Gasteiger partial charge on any atom is 0.164 e. The van der Waals surface area contributed by atoms with E-state index in [1.807, 2.05) is 0 Å². The standard InChI is InChI=1S/C22H26N2O2S2/c1-14-5-6-16(3)20(9-14)24-21-13-28(25,26)12-19(21)23-22(24)27-11-18-8-7-15(2)17(4)10-18/h5-10,19,21H,11-13H2,1-4H3/t19-,21-/m1/s1. The molecule has 0 spiro atoms. The first-order valence-electron chi connectivity index (χ1n) is 9.57. The van der Waals surface area contributed by atoms with Crippen molar-refractivity contribution < 1.29 is 8.42 Å². The SMILES string of the molecule is Cc1ccc(C)c(N2C(SCc3ccc(C)c(C)c3)=N[C@@H]3CS(=O)(=O)C[C@H]32)c1. The molecule has 2 atom stereocenters. The van der Waals surface area contributed by atoms with Crippen LogP contribution in [0.1, 0.15) is 27.8 Å². The Morgan fingerprint density at radius 1 is 1.00 bits per heavy atom. The van der Waals surface area contributed by atoms with Crippen molar-refractivity contribution >= 4 is 32.5 Å². The number of benzene rings is 2. The Morgan fingerprint density at radius 3 is 2.50 bits per heavy atom. The van der Waals surface area contributed by atoms with E-state index in [0.29, 0.717) is 0 Å². The molecule has 2 aromatic carbocycles. The summed E-state index contributed by atoms with van der Waals surface area (Å²) in [6.45, 7) is 8.41. The maximum atomic E-state index is 12.2. The summed E-state index contributed by atoms with van der Waals surface area (Å²) in [7, 11) is -3.03. The Kier molecular flexibility index (Phi) is 5.04. The third kappa shape index (κ3) is 3.72. The van der Waals surface area contributed by atoms with Gasteiger partial charge in [-0.05, 0) is 61.6 Å². The summed E-state index contributed by atoms with van der Waals surface area (Å²) in [6.07, 6.45) is 0. The van der Waals surface area contributed by atoms with Gasteiger partial charge in [-0.15, -0.1) is 0 Å². The molecular weight excluding hydrogens is 388 g/mol. The van der Waals surface area contributed by atoms with E-state index in [4.69, 9.17) is 4.99 Å². The average molecular weight is 415 g/mol. The van der Waals surface area contributed by atoms with Crippen molar-refractivity contribution in [1.82, 2.24) is 0 Å². The summed E-state index contributed by atoms with van der Waals surface area (Å²) < 4.78 is 24.5. The number of aryl methyl sites for hydroxylation is 4. The van der Waals surface area contributed by atoms with Gasteiger partial charge < -0.3 is 4.90 Å². The van der Waals surface area contributed by atoms with Crippen LogP contribution >= 0.6 is 11.8 Å². The molecule has 0 unspecified atom stereocenters. The Balaban J connectivity index is 1.65. The van der Waals surface area contributed by atoms with E-state index in [1.54, 1.807) is 11.8 Å². The average Bonchev–Trinajstić information content (AvgIpc) is 3.09. The number of amidine groups is 1. The highest BCUT2D eigenvalue weighted by atomic mass is 32.2. The van der Waals surface area contributed by atoms with Gasteiger partial charge in [0.1, 0.15) is 0 Å². The number of hydrogen-bond donors (Lipinski definition) is 0. The number of sulfone groups is 1. The first kappa shape index (κ1) is 19.5. The molecular formula is C22H26N2O2S2. The number of rotatable bonds is 3. The lowest BCUT2D eigenvalue weighted by molar-refractivity contribution is 0.601. The lowest BCUT2D eigenvalue weighted by Crippen LogP contribution is -2.39. The normalized spacial score (nSPS) is 23.0. The van der Waals surface area contributed by atoms with Crippen LogP contribution < -0.4 is 4.90 Å². The molecule has 1 fully saturated rings. The first-order chi connectivity index (χ1) is 13.2. The highest BCUT2D eigenvalue weighted by Gasteiger charge is 2.47. The largest absolute Gasteiger partial charge is 0.315 e. The van der Waals surface area contributed by atoms with E-state index in [9.17, 15) is 8.42 Å². The Labute approximate surface area is 172 Å². The maximum absolute atomic E-state index is 12.2. The molecule has 4 nitrogen and oxygen atoms in total. The van der Waals surface area contributed by atoms with Crippen molar-refractivity contribution in [3.05, 3.63) is 64.2 Å². The summed E-state index contributed by atoms with van der Waals surface area (Å²) in [6, 6.07) is 12.6. The van der Waals surface area contributed by atoms with Crippen molar-refractivity contribution in [3.63, 3.8) is 0 Å². The van der Waals surface area contributed by atoms with Crippen molar-refractivity contribution in [1.29, 1.82) is 0 Å². The second-order valence-corrected chi connectivity index (χ2v) is 11.1. The Bertz CT molecular complexity index is 1060. The van der Waals surface area contributed by atoms with Crippen molar-refractivity contribution in [2.75, 3.05) is 16.4 Å². The van der Waals surface area contributed by atoms with E-state index in [1.165, 1.54) is 22.3 Å². The molecule has 0 amide bonds. The molecule has 2 heterocycles. The van der Waals surface area contributed by atoms with Gasteiger partial charge in [0.15, 0.2) is 15.0 Å². The number of fused-ring (bicyclic) bond motifs is 1. The van der Waals surface area contributed by atoms with Gasteiger partial charge >= 0.3 is 0 Å². The van der Waals surface area contributed by atoms with E-state index >= 15 is 0 Å². The molecule has 0 N–H and O–H groups in total. The minimum atomic E-state index is -3.03. The van der Waals surface area contributed by atoms with Gasteiger partial charge in [-0.3, -0.25) is 4.99 Å². The van der Waals surface area contributed by atoms with Crippen molar-refractivity contribution in [2.24, 2.45) is 4.99 Å². The number of hydrogen-bond acceptors (Lipinski definition) is 5. The Morgan fingerprint density at radius 2 is 1.75 bits per heavy atom. The molecule has 28 heavy (non-hydrogen) atoms. The lowest BCUT2D eigenvalue weighted by Gasteiger charge is -2.28. The minimum Gasteiger partial charge on any atom is -0.315 e. The fraction of sp³-hybridized carbons (Fsp3) is 0.409. The van der Waals surface area contributed by atoms with Gasteiger partial charge in [0, 0.05) is 11.4 Å². The smallest absolute Gasteiger partial charge is 0.164 e. The number of aliphatic imine (C=N–C) groups is 1. The number of thioether (sulfide) groups is 1. The summed E-state index contributed by atoms with van der Waals surface area (Å²) in [5, 5.41) is 0.942. The predicted molar refractivity (Wildman–Crippen MR) is 119 cm³/mol. The van der Waals surface area contributed by atoms with Crippen LogP contribution in [-0.4, -0.2) is 37.2 Å². The van der Waals surface area contributed by atoms with Crippen molar-refractivity contribution in [3.8, 4) is 0 Å². The van der Waals surface area contributed by atoms with E-state index in [2.05, 4.69) is 69.0 Å². The lowest BCUT2D eigenvalue weighted by atomic mass is 10.1. The fourth-order valence-electron chi connectivity index (χ4n) is 3.94. The molecule has 0 aliphatic carbocycles. The van der Waals surface area contributed by atoms with Crippen LogP contribution in [0.3, 0.4) is 0 Å². The third-order valence-corrected chi connectivity index (χ3v) is 8.41. The molecule has 148 valence electrons. The molecule has 1 saturated heterocycles. The highest BCUT2D eigenvalue weighted by Crippen LogP contribution is 2.37. The monoisotopic (exact) mass is 414 g/mol. The van der Waals surface area contributed by atoms with Crippen LogP contribution in [0.15, 0.2) is 41.4 Å². The van der Waals surface area contributed by atoms with Crippen LogP contribution in [-0.2, 0) is 15.6 Å². The quantitative estimate of drug-likeness (QED) is 0.755. The van der Waals surface area contributed by atoms with Crippen LogP contribution in [0, 0.1) is 27.7 Å². The van der Waals surface area contributed by atoms with Gasteiger partial charge in [0.2, 0.25) is 0 Å². The van der Waals surface area contributed by atoms with E-state index in [-0.39, 0.29) is 23.6 Å². The second kappa shape index (κ2) is 7.23. The number of anilines is 1. The van der Waals surface area contributed by atoms with E-state index in [0.717, 1.165) is 22.2 Å². The third-order valence-electron chi connectivity index (χ3n) is 5.67. The zero-order valence-electron chi connectivity index (χ0n) is 16.8. The summed E-state index contributed by atoms with van der Waals surface area (Å²) in [5.74, 6) is 1.17. The predicted octanol–water partition coefficient (Wildman–Crippen LogP) is 4.20. The van der Waals surface area contributed by atoms with Crippen LogP contribution in [0.2, 0.25) is 0 Å². The molecule has 2 aliphatic rings. The van der Waals surface area contributed by atoms with Crippen LogP contribution in [0.4, 0.5) is 5.69 Å². The molecule has 4 rings (SSSR count). The van der Waals surface area contributed by atoms with Gasteiger partial charge in [-0.1, -0.05) is 42.1 Å². The van der Waals surface area contributed by atoms with Gasteiger partial charge in [-0.2, -0.15) is 0 Å². The molecule has 0 radical (unpaired) electrons. The molecule has 0 aromatic heterocycles. The first-order valence-corrected chi connectivity index (χ1v) is 12.4. The molecule has 0 saturated carbocycles. The summed E-state index contributed by atoms with van der Waals surface area (Å²) in [4.78, 5) is 7.04. The highest BCUT2D eigenvalue weighted by molar-refractivity contribution is 8.13.